The minimum absolute atomic E-state index is 0.181. The van der Waals surface area contributed by atoms with E-state index >= 15 is 0 Å². The maximum atomic E-state index is 6.09. The summed E-state index contributed by atoms with van der Waals surface area (Å²) in [5.41, 5.74) is 7.42. The molecule has 0 radical (unpaired) electrons. The lowest BCUT2D eigenvalue weighted by Gasteiger charge is -2.22. The summed E-state index contributed by atoms with van der Waals surface area (Å²) in [6.45, 7) is 5.07. The van der Waals surface area contributed by atoms with Crippen molar-refractivity contribution in [2.24, 2.45) is 5.73 Å². The molecule has 0 spiro atoms. The fraction of sp³-hybridized carbons (Fsp3) is 0.600. The second-order valence-electron chi connectivity index (χ2n) is 4.51. The van der Waals surface area contributed by atoms with Crippen molar-refractivity contribution in [1.29, 1.82) is 0 Å². The summed E-state index contributed by atoms with van der Waals surface area (Å²) >= 11 is 0. The molecule has 2 N–H and O–H groups in total. The highest BCUT2D eigenvalue weighted by Crippen LogP contribution is 2.09. The Bertz CT molecular complexity index is 286. The first-order valence-corrected chi connectivity index (χ1v) is 6.69. The molecule has 96 valence electrons. The van der Waals surface area contributed by atoms with Gasteiger partial charge in [0.15, 0.2) is 0 Å². The Labute approximate surface area is 105 Å². The smallest absolute Gasteiger partial charge is 0.0723 e. The second kappa shape index (κ2) is 8.26. The van der Waals surface area contributed by atoms with Gasteiger partial charge in [0.05, 0.1) is 12.7 Å². The van der Waals surface area contributed by atoms with Gasteiger partial charge in [0, 0.05) is 6.04 Å². The van der Waals surface area contributed by atoms with Crippen LogP contribution in [0.1, 0.15) is 38.7 Å². The minimum atomic E-state index is 0.181. The molecule has 0 saturated carbocycles. The second-order valence-corrected chi connectivity index (χ2v) is 4.51. The van der Waals surface area contributed by atoms with Crippen molar-refractivity contribution in [2.75, 3.05) is 6.61 Å². The first kappa shape index (κ1) is 14.2. The first-order chi connectivity index (χ1) is 8.27. The fourth-order valence-corrected chi connectivity index (χ4v) is 2.04. The summed E-state index contributed by atoms with van der Waals surface area (Å²) in [4.78, 5) is 0. The molecule has 0 saturated heterocycles. The number of hydrogen-bond acceptors (Lipinski definition) is 2. The Balaban J connectivity index is 2.28. The lowest BCUT2D eigenvalue weighted by atomic mass is 10.0. The van der Waals surface area contributed by atoms with Crippen molar-refractivity contribution >= 4 is 0 Å². The van der Waals surface area contributed by atoms with Gasteiger partial charge in [-0.25, -0.2) is 0 Å². The van der Waals surface area contributed by atoms with Crippen LogP contribution in [0.5, 0.6) is 0 Å². The summed E-state index contributed by atoms with van der Waals surface area (Å²) in [5, 5.41) is 0. The largest absolute Gasteiger partial charge is 0.376 e. The molecule has 0 bridgehead atoms. The van der Waals surface area contributed by atoms with E-state index in [1.54, 1.807) is 0 Å². The maximum absolute atomic E-state index is 6.09. The topological polar surface area (TPSA) is 35.2 Å². The molecule has 0 aliphatic rings. The van der Waals surface area contributed by atoms with E-state index in [9.17, 15) is 0 Å². The highest BCUT2D eigenvalue weighted by molar-refractivity contribution is 5.14. The van der Waals surface area contributed by atoms with Crippen LogP contribution in [0.4, 0.5) is 0 Å². The molecule has 0 fully saturated rings. The van der Waals surface area contributed by atoms with Gasteiger partial charge in [-0.3, -0.25) is 0 Å². The van der Waals surface area contributed by atoms with E-state index in [0.717, 1.165) is 32.3 Å². The van der Waals surface area contributed by atoms with Crippen LogP contribution in [-0.2, 0) is 11.2 Å². The molecular formula is C15H25NO. The van der Waals surface area contributed by atoms with E-state index in [1.807, 2.05) is 6.07 Å². The van der Waals surface area contributed by atoms with Gasteiger partial charge in [-0.05, 0) is 24.8 Å². The summed E-state index contributed by atoms with van der Waals surface area (Å²) in [5.74, 6) is 0. The van der Waals surface area contributed by atoms with Gasteiger partial charge in [-0.1, -0.05) is 50.6 Å². The molecule has 1 rings (SSSR count). The number of nitrogens with two attached hydrogens (primary N) is 1. The Hall–Kier alpha value is -0.860. The zero-order chi connectivity index (χ0) is 12.5. The summed E-state index contributed by atoms with van der Waals surface area (Å²) < 4.78 is 5.88. The maximum Gasteiger partial charge on any atom is 0.0723 e. The third kappa shape index (κ3) is 5.33. The predicted octanol–water partition coefficient (Wildman–Crippen LogP) is 3.15. The Morgan fingerprint density at radius 1 is 1.18 bits per heavy atom. The molecule has 2 heteroatoms. The van der Waals surface area contributed by atoms with E-state index < -0.39 is 0 Å². The molecule has 0 heterocycles. The van der Waals surface area contributed by atoms with Crippen molar-refractivity contribution in [2.45, 2.75) is 51.7 Å². The average molecular weight is 235 g/mol. The van der Waals surface area contributed by atoms with E-state index in [0.29, 0.717) is 0 Å². The first-order valence-electron chi connectivity index (χ1n) is 6.69. The Kier molecular flexibility index (Phi) is 6.90. The number of hydrogen-bond donors (Lipinski definition) is 1. The highest BCUT2D eigenvalue weighted by Gasteiger charge is 2.15. The van der Waals surface area contributed by atoms with Crippen LogP contribution >= 0.6 is 0 Å². The van der Waals surface area contributed by atoms with E-state index in [2.05, 4.69) is 38.1 Å². The number of ether oxygens (including phenoxy) is 1. The molecule has 0 amide bonds. The SMILES string of the molecule is CCCC(N)C(CC)OCCc1ccccc1. The highest BCUT2D eigenvalue weighted by atomic mass is 16.5. The van der Waals surface area contributed by atoms with Gasteiger partial charge >= 0.3 is 0 Å². The van der Waals surface area contributed by atoms with Crippen molar-refractivity contribution in [3.05, 3.63) is 35.9 Å². The standard InChI is InChI=1S/C15H25NO/c1-3-8-14(16)15(4-2)17-12-11-13-9-6-5-7-10-13/h5-7,9-10,14-15H,3-4,8,11-12,16H2,1-2H3. The zero-order valence-corrected chi connectivity index (χ0v) is 11.1. The summed E-state index contributed by atoms with van der Waals surface area (Å²) in [7, 11) is 0. The molecule has 1 aromatic carbocycles. The quantitative estimate of drug-likeness (QED) is 0.751. The van der Waals surface area contributed by atoms with E-state index in [4.69, 9.17) is 10.5 Å². The van der Waals surface area contributed by atoms with Gasteiger partial charge in [-0.2, -0.15) is 0 Å². The molecule has 0 aliphatic heterocycles. The van der Waals surface area contributed by atoms with Crippen molar-refractivity contribution in [3.63, 3.8) is 0 Å². The third-order valence-electron chi connectivity index (χ3n) is 3.07. The normalized spacial score (nSPS) is 14.5. The van der Waals surface area contributed by atoms with Gasteiger partial charge in [0.2, 0.25) is 0 Å². The van der Waals surface area contributed by atoms with Crippen LogP contribution in [-0.4, -0.2) is 18.8 Å². The van der Waals surface area contributed by atoms with Gasteiger partial charge < -0.3 is 10.5 Å². The number of benzene rings is 1. The lowest BCUT2D eigenvalue weighted by Crippen LogP contribution is -2.36. The molecule has 17 heavy (non-hydrogen) atoms. The van der Waals surface area contributed by atoms with Crippen LogP contribution in [0.15, 0.2) is 30.3 Å². The summed E-state index contributed by atoms with van der Waals surface area (Å²) in [6.07, 6.45) is 4.34. The van der Waals surface area contributed by atoms with Crippen LogP contribution in [0.3, 0.4) is 0 Å². The fourth-order valence-electron chi connectivity index (χ4n) is 2.04. The van der Waals surface area contributed by atoms with Crippen LogP contribution in [0.2, 0.25) is 0 Å². The minimum Gasteiger partial charge on any atom is -0.376 e. The van der Waals surface area contributed by atoms with Crippen molar-refractivity contribution in [1.82, 2.24) is 0 Å². The molecular weight excluding hydrogens is 210 g/mol. The van der Waals surface area contributed by atoms with Crippen molar-refractivity contribution in [3.8, 4) is 0 Å². The molecule has 2 unspecified atom stereocenters. The lowest BCUT2D eigenvalue weighted by molar-refractivity contribution is 0.0329. The van der Waals surface area contributed by atoms with Crippen LogP contribution in [0, 0.1) is 0 Å². The van der Waals surface area contributed by atoms with Crippen LogP contribution < -0.4 is 5.73 Å². The van der Waals surface area contributed by atoms with Gasteiger partial charge in [-0.15, -0.1) is 0 Å². The van der Waals surface area contributed by atoms with Gasteiger partial charge in [0.25, 0.3) is 0 Å². The van der Waals surface area contributed by atoms with E-state index in [-0.39, 0.29) is 12.1 Å². The van der Waals surface area contributed by atoms with Crippen molar-refractivity contribution < 1.29 is 4.74 Å². The molecule has 1 aromatic rings. The average Bonchev–Trinajstić information content (AvgIpc) is 2.36. The third-order valence-corrected chi connectivity index (χ3v) is 3.07. The van der Waals surface area contributed by atoms with Gasteiger partial charge in [0.1, 0.15) is 0 Å². The Morgan fingerprint density at radius 2 is 1.88 bits per heavy atom. The zero-order valence-electron chi connectivity index (χ0n) is 11.1. The Morgan fingerprint density at radius 3 is 2.47 bits per heavy atom. The summed E-state index contributed by atoms with van der Waals surface area (Å²) in [6, 6.07) is 10.6. The molecule has 2 atom stereocenters. The van der Waals surface area contributed by atoms with E-state index in [1.165, 1.54) is 5.56 Å². The number of rotatable bonds is 8. The molecule has 0 aromatic heterocycles. The molecule has 0 aliphatic carbocycles. The predicted molar refractivity (Wildman–Crippen MR) is 73.1 cm³/mol. The monoisotopic (exact) mass is 235 g/mol. The molecule has 2 nitrogen and oxygen atoms in total. The van der Waals surface area contributed by atoms with Crippen LogP contribution in [0.25, 0.3) is 0 Å².